The van der Waals surface area contributed by atoms with Crippen LogP contribution in [0.4, 0.5) is 0 Å². The summed E-state index contributed by atoms with van der Waals surface area (Å²) in [5.41, 5.74) is 0.649. The molecule has 0 N–H and O–H groups in total. The van der Waals surface area contributed by atoms with Gasteiger partial charge in [0.05, 0.1) is 16.2 Å². The average Bonchev–Trinajstić information content (AvgIpc) is 3.02. The smallest absolute Gasteiger partial charge is 0.262 e. The lowest BCUT2D eigenvalue weighted by Gasteiger charge is -2.24. The highest BCUT2D eigenvalue weighted by Gasteiger charge is 2.24. The summed E-state index contributed by atoms with van der Waals surface area (Å²) in [6, 6.07) is 11.9. The van der Waals surface area contributed by atoms with Gasteiger partial charge in [0, 0.05) is 19.6 Å². The molecule has 1 atom stereocenters. The molecule has 5 nitrogen and oxygen atoms in total. The fourth-order valence-corrected chi connectivity index (χ4v) is 5.07. The van der Waals surface area contributed by atoms with Gasteiger partial charge in [-0.2, -0.15) is 0 Å². The number of nitrogens with zero attached hydrogens (tertiary/aromatic N) is 3. The maximum Gasteiger partial charge on any atom is 0.262 e. The number of carbonyl (C=O) groups is 1. The molecule has 1 aliphatic rings. The van der Waals surface area contributed by atoms with Crippen LogP contribution in [-0.4, -0.2) is 38.7 Å². The fraction of sp³-hybridized carbons (Fsp3) is 0.435. The Bertz CT molecular complexity index is 1100. The molecular weight excluding hydrogens is 382 g/mol. The summed E-state index contributed by atoms with van der Waals surface area (Å²) >= 11 is 1.40. The van der Waals surface area contributed by atoms with Crippen molar-refractivity contribution < 1.29 is 4.79 Å². The Hall–Kier alpha value is -2.34. The molecule has 2 aromatic carbocycles. The second kappa shape index (κ2) is 8.57. The van der Waals surface area contributed by atoms with E-state index in [2.05, 4.69) is 0 Å². The van der Waals surface area contributed by atoms with Crippen LogP contribution in [0.2, 0.25) is 0 Å². The fourth-order valence-electron chi connectivity index (χ4n) is 4.01. The lowest BCUT2D eigenvalue weighted by molar-refractivity contribution is -0.130. The summed E-state index contributed by atoms with van der Waals surface area (Å²) < 4.78 is 1.69. The maximum absolute atomic E-state index is 13.1. The highest BCUT2D eigenvalue weighted by molar-refractivity contribution is 8.00. The lowest BCUT2D eigenvalue weighted by atomic mass is 10.1. The minimum atomic E-state index is -0.268. The van der Waals surface area contributed by atoms with Crippen molar-refractivity contribution in [1.82, 2.24) is 14.5 Å². The molecule has 1 fully saturated rings. The summed E-state index contributed by atoms with van der Waals surface area (Å²) in [5, 5.41) is 3.07. The van der Waals surface area contributed by atoms with Gasteiger partial charge in [-0.05, 0) is 49.6 Å². The highest BCUT2D eigenvalue weighted by Crippen LogP contribution is 2.26. The van der Waals surface area contributed by atoms with Crippen molar-refractivity contribution in [3.8, 4) is 0 Å². The molecule has 3 aromatic rings. The minimum absolute atomic E-state index is 0.0415. The molecule has 2 heterocycles. The Morgan fingerprint density at radius 2 is 1.76 bits per heavy atom. The molecule has 1 saturated heterocycles. The van der Waals surface area contributed by atoms with Gasteiger partial charge in [-0.25, -0.2) is 4.98 Å². The number of aromatic nitrogens is 2. The van der Waals surface area contributed by atoms with Crippen LogP contribution in [0.25, 0.3) is 21.7 Å². The van der Waals surface area contributed by atoms with Crippen LogP contribution in [0.5, 0.6) is 0 Å². The van der Waals surface area contributed by atoms with E-state index in [1.807, 2.05) is 55.1 Å². The van der Waals surface area contributed by atoms with Gasteiger partial charge in [-0.1, -0.05) is 48.9 Å². The molecular formula is C23H27N3O2S. The first-order valence-corrected chi connectivity index (χ1v) is 11.3. The first kappa shape index (κ1) is 20.0. The molecule has 0 saturated carbocycles. The average molecular weight is 410 g/mol. The van der Waals surface area contributed by atoms with E-state index in [9.17, 15) is 9.59 Å². The number of benzene rings is 2. The van der Waals surface area contributed by atoms with Gasteiger partial charge < -0.3 is 4.90 Å². The molecule has 0 unspecified atom stereocenters. The molecule has 1 aromatic heterocycles. The Kier molecular flexibility index (Phi) is 5.90. The van der Waals surface area contributed by atoms with Gasteiger partial charge in [-0.3, -0.25) is 14.2 Å². The van der Waals surface area contributed by atoms with E-state index in [-0.39, 0.29) is 16.7 Å². The number of thioether (sulfide) groups is 1. The van der Waals surface area contributed by atoms with Gasteiger partial charge in [0.1, 0.15) is 0 Å². The monoisotopic (exact) mass is 409 g/mol. The van der Waals surface area contributed by atoms with Gasteiger partial charge in [0.15, 0.2) is 5.16 Å². The van der Waals surface area contributed by atoms with Gasteiger partial charge in [-0.15, -0.1) is 0 Å². The van der Waals surface area contributed by atoms with Crippen molar-refractivity contribution in [2.75, 3.05) is 13.1 Å². The molecule has 1 amide bonds. The van der Waals surface area contributed by atoms with Crippen molar-refractivity contribution >= 4 is 39.3 Å². The SMILES string of the molecule is CCn1c(S[C@@H](C)C(=O)N2CCCCCC2)nc2cc3ccccc3cc2c1=O. The zero-order valence-electron chi connectivity index (χ0n) is 17.1. The first-order valence-electron chi connectivity index (χ1n) is 10.5. The van der Waals surface area contributed by atoms with E-state index in [1.165, 1.54) is 24.6 Å². The first-order chi connectivity index (χ1) is 14.1. The standard InChI is InChI=1S/C23H27N3O2S/c1-3-26-22(28)19-14-17-10-6-7-11-18(17)15-20(19)24-23(26)29-16(2)21(27)25-12-8-4-5-9-13-25/h6-7,10-11,14-16H,3-5,8-9,12-13H2,1-2H3/t16-/m0/s1. The zero-order chi connectivity index (χ0) is 20.4. The molecule has 6 heteroatoms. The van der Waals surface area contributed by atoms with Crippen LogP contribution in [0.3, 0.4) is 0 Å². The summed E-state index contributed by atoms with van der Waals surface area (Å²) in [4.78, 5) is 32.9. The molecule has 0 spiro atoms. The van der Waals surface area contributed by atoms with Crippen molar-refractivity contribution in [2.24, 2.45) is 0 Å². The molecule has 0 bridgehead atoms. The van der Waals surface area contributed by atoms with E-state index in [1.54, 1.807) is 4.57 Å². The topological polar surface area (TPSA) is 55.2 Å². The maximum atomic E-state index is 13.1. The number of carbonyl (C=O) groups excluding carboxylic acids is 1. The molecule has 0 aliphatic carbocycles. The van der Waals surface area contributed by atoms with Gasteiger partial charge in [0.25, 0.3) is 5.56 Å². The van der Waals surface area contributed by atoms with E-state index in [0.717, 1.165) is 36.7 Å². The molecule has 4 rings (SSSR count). The van der Waals surface area contributed by atoms with Crippen LogP contribution < -0.4 is 5.56 Å². The number of fused-ring (bicyclic) bond motifs is 2. The minimum Gasteiger partial charge on any atom is -0.342 e. The number of hydrogen-bond donors (Lipinski definition) is 0. The Labute approximate surface area is 175 Å². The molecule has 0 radical (unpaired) electrons. The van der Waals surface area contributed by atoms with Crippen LogP contribution in [0.1, 0.15) is 39.5 Å². The van der Waals surface area contributed by atoms with Crippen LogP contribution in [0.15, 0.2) is 46.3 Å². The summed E-state index contributed by atoms with van der Waals surface area (Å²) in [7, 11) is 0. The zero-order valence-corrected chi connectivity index (χ0v) is 17.9. The van der Waals surface area contributed by atoms with E-state index in [4.69, 9.17) is 4.98 Å². The summed E-state index contributed by atoms with van der Waals surface area (Å²) in [6.07, 6.45) is 4.54. The van der Waals surface area contributed by atoms with Gasteiger partial charge in [0.2, 0.25) is 5.91 Å². The second-order valence-electron chi connectivity index (χ2n) is 7.66. The third-order valence-electron chi connectivity index (χ3n) is 5.65. The molecule has 1 aliphatic heterocycles. The van der Waals surface area contributed by atoms with Crippen LogP contribution >= 0.6 is 11.8 Å². The van der Waals surface area contributed by atoms with Crippen LogP contribution in [-0.2, 0) is 11.3 Å². The summed E-state index contributed by atoms with van der Waals surface area (Å²) in [6.45, 7) is 6.07. The third-order valence-corrected chi connectivity index (χ3v) is 6.73. The second-order valence-corrected chi connectivity index (χ2v) is 8.97. The number of rotatable bonds is 4. The quantitative estimate of drug-likeness (QED) is 0.363. The molecule has 29 heavy (non-hydrogen) atoms. The normalized spacial score (nSPS) is 16.1. The highest BCUT2D eigenvalue weighted by atomic mass is 32.2. The largest absolute Gasteiger partial charge is 0.342 e. The van der Waals surface area contributed by atoms with Crippen molar-refractivity contribution in [3.05, 3.63) is 46.8 Å². The Morgan fingerprint density at radius 3 is 2.41 bits per heavy atom. The van der Waals surface area contributed by atoms with E-state index < -0.39 is 0 Å². The van der Waals surface area contributed by atoms with Crippen molar-refractivity contribution in [1.29, 1.82) is 0 Å². The van der Waals surface area contributed by atoms with E-state index >= 15 is 0 Å². The van der Waals surface area contributed by atoms with Gasteiger partial charge >= 0.3 is 0 Å². The van der Waals surface area contributed by atoms with Crippen molar-refractivity contribution in [3.63, 3.8) is 0 Å². The van der Waals surface area contributed by atoms with Crippen LogP contribution in [0, 0.1) is 0 Å². The predicted octanol–water partition coefficient (Wildman–Crippen LogP) is 4.45. The lowest BCUT2D eigenvalue weighted by Crippen LogP contribution is -2.37. The van der Waals surface area contributed by atoms with Crippen molar-refractivity contribution in [2.45, 2.75) is 56.5 Å². The Balaban J connectivity index is 1.69. The number of likely N-dealkylation sites (tertiary alicyclic amines) is 1. The van der Waals surface area contributed by atoms with E-state index in [0.29, 0.717) is 22.6 Å². The number of amides is 1. The molecule has 152 valence electrons. The predicted molar refractivity (Wildman–Crippen MR) is 120 cm³/mol. The number of hydrogen-bond acceptors (Lipinski definition) is 4. The Morgan fingerprint density at radius 1 is 1.10 bits per heavy atom. The third kappa shape index (κ3) is 4.04. The summed E-state index contributed by atoms with van der Waals surface area (Å²) in [5.74, 6) is 0.146.